The summed E-state index contributed by atoms with van der Waals surface area (Å²) >= 11 is 0. The summed E-state index contributed by atoms with van der Waals surface area (Å²) in [5.41, 5.74) is -0.578. The van der Waals surface area contributed by atoms with E-state index < -0.39 is 23.2 Å². The van der Waals surface area contributed by atoms with E-state index in [1.165, 1.54) is 13.2 Å². The van der Waals surface area contributed by atoms with Crippen LogP contribution in [0.25, 0.3) is 0 Å². The molecule has 2 aliphatic rings. The van der Waals surface area contributed by atoms with Gasteiger partial charge >= 0.3 is 12.1 Å². The molecule has 1 aromatic carbocycles. The van der Waals surface area contributed by atoms with Gasteiger partial charge in [-0.3, -0.25) is 10.1 Å². The van der Waals surface area contributed by atoms with Crippen molar-refractivity contribution in [1.29, 1.82) is 0 Å². The molecule has 1 heterocycles. The standard InChI is InChI=1S/C13H12F3NO2/c1-19-11(18)12-5-10(12)7-3-2-4-9(13(14,15)16)8(7)6-17-12/h2-4,10,17H,5-6H2,1H3/t10-,12-/m0/s1. The van der Waals surface area contributed by atoms with E-state index in [9.17, 15) is 18.0 Å². The van der Waals surface area contributed by atoms with Crippen LogP contribution < -0.4 is 5.32 Å². The molecule has 0 spiro atoms. The number of hydrogen-bond acceptors (Lipinski definition) is 3. The molecule has 102 valence electrons. The van der Waals surface area contributed by atoms with Gasteiger partial charge in [-0.15, -0.1) is 0 Å². The van der Waals surface area contributed by atoms with E-state index in [-0.39, 0.29) is 18.0 Å². The highest BCUT2D eigenvalue weighted by atomic mass is 19.4. The van der Waals surface area contributed by atoms with Crippen molar-refractivity contribution < 1.29 is 22.7 Å². The van der Waals surface area contributed by atoms with Crippen molar-refractivity contribution >= 4 is 5.97 Å². The molecule has 1 saturated carbocycles. The number of halogens is 3. The van der Waals surface area contributed by atoms with Crippen LogP contribution in [-0.4, -0.2) is 18.6 Å². The summed E-state index contributed by atoms with van der Waals surface area (Å²) in [4.78, 5) is 11.7. The number of carbonyl (C=O) groups is 1. The molecule has 1 aliphatic heterocycles. The second-order valence-corrected chi connectivity index (χ2v) is 4.94. The lowest BCUT2D eigenvalue weighted by Crippen LogP contribution is -2.44. The summed E-state index contributed by atoms with van der Waals surface area (Å²) in [6, 6.07) is 4.14. The molecule has 0 bridgehead atoms. The van der Waals surface area contributed by atoms with Crippen LogP contribution in [0.2, 0.25) is 0 Å². The first-order valence-electron chi connectivity index (χ1n) is 5.92. The van der Waals surface area contributed by atoms with Gasteiger partial charge in [0.05, 0.1) is 12.7 Å². The Labute approximate surface area is 107 Å². The maximum atomic E-state index is 12.9. The normalized spacial score (nSPS) is 28.3. The number of methoxy groups -OCH3 is 1. The van der Waals surface area contributed by atoms with Gasteiger partial charge in [0.25, 0.3) is 0 Å². The van der Waals surface area contributed by atoms with Crippen LogP contribution in [0.15, 0.2) is 18.2 Å². The van der Waals surface area contributed by atoms with Crippen LogP contribution in [0.5, 0.6) is 0 Å². The number of esters is 1. The topological polar surface area (TPSA) is 38.3 Å². The zero-order valence-corrected chi connectivity index (χ0v) is 10.2. The summed E-state index contributed by atoms with van der Waals surface area (Å²) < 4.78 is 43.5. The second kappa shape index (κ2) is 3.72. The van der Waals surface area contributed by atoms with Gasteiger partial charge in [-0.05, 0) is 23.6 Å². The molecule has 1 N–H and O–H groups in total. The van der Waals surface area contributed by atoms with Crippen LogP contribution >= 0.6 is 0 Å². The molecule has 0 radical (unpaired) electrons. The van der Waals surface area contributed by atoms with Crippen molar-refractivity contribution in [2.75, 3.05) is 7.11 Å². The number of hydrogen-bond donors (Lipinski definition) is 1. The summed E-state index contributed by atoms with van der Waals surface area (Å²) in [5, 5.41) is 2.91. The van der Waals surface area contributed by atoms with E-state index >= 15 is 0 Å². The van der Waals surface area contributed by atoms with Crippen molar-refractivity contribution in [3.63, 3.8) is 0 Å². The second-order valence-electron chi connectivity index (χ2n) is 4.94. The third-order valence-corrected chi connectivity index (χ3v) is 3.98. The van der Waals surface area contributed by atoms with Crippen molar-refractivity contribution in [3.05, 3.63) is 34.9 Å². The van der Waals surface area contributed by atoms with E-state index in [1.807, 2.05) is 0 Å². The Hall–Kier alpha value is -1.56. The van der Waals surface area contributed by atoms with Gasteiger partial charge in [-0.25, -0.2) is 0 Å². The highest BCUT2D eigenvalue weighted by Crippen LogP contribution is 2.56. The van der Waals surface area contributed by atoms with Gasteiger partial charge in [0.2, 0.25) is 0 Å². The van der Waals surface area contributed by atoms with Crippen molar-refractivity contribution in [2.24, 2.45) is 0 Å². The maximum Gasteiger partial charge on any atom is 0.416 e. The van der Waals surface area contributed by atoms with Gasteiger partial charge in [-0.2, -0.15) is 13.2 Å². The van der Waals surface area contributed by atoms with E-state index in [1.54, 1.807) is 6.07 Å². The Bertz CT molecular complexity index is 555. The molecular weight excluding hydrogens is 259 g/mol. The predicted molar refractivity (Wildman–Crippen MR) is 60.4 cm³/mol. The summed E-state index contributed by atoms with van der Waals surface area (Å²) in [7, 11) is 1.29. The number of nitrogens with one attached hydrogen (secondary N) is 1. The fourth-order valence-electron chi connectivity index (χ4n) is 2.95. The van der Waals surface area contributed by atoms with E-state index in [0.29, 0.717) is 12.0 Å². The van der Waals surface area contributed by atoms with E-state index in [4.69, 9.17) is 4.74 Å². The monoisotopic (exact) mass is 271 g/mol. The van der Waals surface area contributed by atoms with Crippen LogP contribution in [0.1, 0.15) is 29.0 Å². The fourth-order valence-corrected chi connectivity index (χ4v) is 2.95. The summed E-state index contributed by atoms with van der Waals surface area (Å²) in [6.07, 6.45) is -3.87. The molecule has 3 nitrogen and oxygen atoms in total. The molecule has 1 aromatic rings. The molecule has 0 amide bonds. The molecule has 3 rings (SSSR count). The smallest absolute Gasteiger partial charge is 0.416 e. The quantitative estimate of drug-likeness (QED) is 0.796. The lowest BCUT2D eigenvalue weighted by molar-refractivity contribution is -0.144. The van der Waals surface area contributed by atoms with Gasteiger partial charge in [0, 0.05) is 12.5 Å². The minimum atomic E-state index is -4.37. The number of fused-ring (bicyclic) bond motifs is 3. The number of benzene rings is 1. The van der Waals surface area contributed by atoms with Gasteiger partial charge in [0.15, 0.2) is 0 Å². The Kier molecular flexibility index (Phi) is 2.44. The average Bonchev–Trinajstić information content (AvgIpc) is 3.12. The third-order valence-electron chi connectivity index (χ3n) is 3.98. The van der Waals surface area contributed by atoms with E-state index in [2.05, 4.69) is 5.32 Å². The van der Waals surface area contributed by atoms with Crippen LogP contribution in [0, 0.1) is 0 Å². The Morgan fingerprint density at radius 3 is 2.84 bits per heavy atom. The molecule has 0 unspecified atom stereocenters. The number of carbonyl (C=O) groups excluding carboxylic acids is 1. The molecule has 19 heavy (non-hydrogen) atoms. The molecule has 6 heteroatoms. The highest BCUT2D eigenvalue weighted by molar-refractivity contribution is 5.87. The number of alkyl halides is 3. The Morgan fingerprint density at radius 1 is 1.47 bits per heavy atom. The van der Waals surface area contributed by atoms with Crippen LogP contribution in [-0.2, 0) is 22.3 Å². The van der Waals surface area contributed by atoms with Crippen molar-refractivity contribution in [1.82, 2.24) is 5.32 Å². The van der Waals surface area contributed by atoms with E-state index in [0.717, 1.165) is 6.07 Å². The molecule has 2 atom stereocenters. The maximum absolute atomic E-state index is 12.9. The summed E-state index contributed by atoms with van der Waals surface area (Å²) in [6.45, 7) is 0.0383. The van der Waals surface area contributed by atoms with Crippen LogP contribution in [0.3, 0.4) is 0 Å². The molecule has 1 aliphatic carbocycles. The Balaban J connectivity index is 2.03. The fraction of sp³-hybridized carbons (Fsp3) is 0.462. The minimum absolute atomic E-state index is 0.0383. The van der Waals surface area contributed by atoms with Crippen molar-refractivity contribution in [3.8, 4) is 0 Å². The van der Waals surface area contributed by atoms with Crippen LogP contribution in [0.4, 0.5) is 13.2 Å². The predicted octanol–water partition coefficient (Wildman–Crippen LogP) is 2.21. The molecule has 1 fully saturated rings. The first-order chi connectivity index (χ1) is 8.90. The number of rotatable bonds is 1. The summed E-state index contributed by atoms with van der Waals surface area (Å²) in [5.74, 6) is -0.619. The molecule has 0 saturated heterocycles. The largest absolute Gasteiger partial charge is 0.468 e. The highest BCUT2D eigenvalue weighted by Gasteiger charge is 2.64. The zero-order valence-electron chi connectivity index (χ0n) is 10.2. The Morgan fingerprint density at radius 2 is 2.21 bits per heavy atom. The number of ether oxygens (including phenoxy) is 1. The van der Waals surface area contributed by atoms with Gasteiger partial charge in [-0.1, -0.05) is 12.1 Å². The van der Waals surface area contributed by atoms with Crippen molar-refractivity contribution in [2.45, 2.75) is 30.6 Å². The van der Waals surface area contributed by atoms with Gasteiger partial charge < -0.3 is 4.74 Å². The lowest BCUT2D eigenvalue weighted by atomic mass is 9.92. The minimum Gasteiger partial charge on any atom is -0.468 e. The SMILES string of the molecule is COC(=O)[C@]12C[C@H]1c1cccc(C(F)(F)F)c1CN2. The molecular formula is C13H12F3NO2. The van der Waals surface area contributed by atoms with Gasteiger partial charge in [0.1, 0.15) is 5.54 Å². The first kappa shape index (κ1) is 12.5. The lowest BCUT2D eigenvalue weighted by Gasteiger charge is -2.26. The zero-order chi connectivity index (χ0) is 13.8. The average molecular weight is 271 g/mol. The molecule has 0 aromatic heterocycles. The first-order valence-corrected chi connectivity index (χ1v) is 5.92. The third kappa shape index (κ3) is 1.66.